The number of rotatable bonds is 4. The number of methoxy groups -OCH3 is 1. The van der Waals surface area contributed by atoms with Crippen LogP contribution in [0.2, 0.25) is 0 Å². The fourth-order valence-electron chi connectivity index (χ4n) is 2.26. The van der Waals surface area contributed by atoms with E-state index in [0.29, 0.717) is 23.7 Å². The fourth-order valence-corrected chi connectivity index (χ4v) is 2.26. The lowest BCUT2D eigenvalue weighted by molar-refractivity contribution is 0.170. The highest BCUT2D eigenvalue weighted by atomic mass is 16.7. The summed E-state index contributed by atoms with van der Waals surface area (Å²) in [6, 6.07) is 3.56. The highest BCUT2D eigenvalue weighted by Gasteiger charge is 2.22. The van der Waals surface area contributed by atoms with Crippen molar-refractivity contribution in [3.8, 4) is 17.2 Å². The lowest BCUT2D eigenvalue weighted by Gasteiger charge is -2.13. The minimum absolute atomic E-state index is 0.174. The van der Waals surface area contributed by atoms with Crippen LogP contribution < -0.4 is 14.2 Å². The molecular formula is C14H16N2O4. The van der Waals surface area contributed by atoms with E-state index < -0.39 is 6.10 Å². The second-order valence-electron chi connectivity index (χ2n) is 4.70. The van der Waals surface area contributed by atoms with Crippen LogP contribution in [-0.4, -0.2) is 28.8 Å². The molecule has 6 nitrogen and oxygen atoms in total. The van der Waals surface area contributed by atoms with Gasteiger partial charge in [0.2, 0.25) is 12.5 Å². The molecule has 6 heteroatoms. The zero-order valence-corrected chi connectivity index (χ0v) is 11.4. The number of benzene rings is 1. The minimum Gasteiger partial charge on any atom is -0.493 e. The minimum atomic E-state index is -0.650. The molecule has 1 aliphatic heterocycles. The van der Waals surface area contributed by atoms with Gasteiger partial charge in [-0.1, -0.05) is 0 Å². The summed E-state index contributed by atoms with van der Waals surface area (Å²) < 4.78 is 17.7. The Kier molecular flexibility index (Phi) is 3.23. The molecule has 0 saturated heterocycles. The highest BCUT2D eigenvalue weighted by molar-refractivity contribution is 5.55. The first-order valence-corrected chi connectivity index (χ1v) is 6.30. The van der Waals surface area contributed by atoms with Gasteiger partial charge in [0.15, 0.2) is 11.5 Å². The number of ether oxygens (including phenoxy) is 3. The lowest BCUT2D eigenvalue weighted by Crippen LogP contribution is -2.02. The molecule has 106 valence electrons. The predicted molar refractivity (Wildman–Crippen MR) is 71.0 cm³/mol. The van der Waals surface area contributed by atoms with Crippen molar-refractivity contribution in [2.45, 2.75) is 12.5 Å². The van der Waals surface area contributed by atoms with Crippen molar-refractivity contribution in [2.24, 2.45) is 7.05 Å². The molecular weight excluding hydrogens is 260 g/mol. The van der Waals surface area contributed by atoms with Crippen molar-refractivity contribution in [3.05, 3.63) is 35.7 Å². The van der Waals surface area contributed by atoms with Gasteiger partial charge in [0, 0.05) is 19.7 Å². The zero-order chi connectivity index (χ0) is 14.1. The molecule has 0 bridgehead atoms. The van der Waals surface area contributed by atoms with Crippen molar-refractivity contribution in [2.75, 3.05) is 13.9 Å². The summed E-state index contributed by atoms with van der Waals surface area (Å²) in [6.07, 6.45) is 3.46. The maximum Gasteiger partial charge on any atom is 0.231 e. The van der Waals surface area contributed by atoms with Crippen molar-refractivity contribution >= 4 is 0 Å². The zero-order valence-electron chi connectivity index (χ0n) is 11.4. The van der Waals surface area contributed by atoms with Crippen LogP contribution in [0.3, 0.4) is 0 Å². The molecule has 1 N–H and O–H groups in total. The van der Waals surface area contributed by atoms with E-state index in [4.69, 9.17) is 14.2 Å². The van der Waals surface area contributed by atoms with Crippen molar-refractivity contribution in [1.29, 1.82) is 0 Å². The molecule has 1 aromatic carbocycles. The summed E-state index contributed by atoms with van der Waals surface area (Å²) >= 11 is 0. The molecule has 0 fully saturated rings. The van der Waals surface area contributed by atoms with E-state index in [1.807, 2.05) is 13.2 Å². The van der Waals surface area contributed by atoms with Gasteiger partial charge in [-0.2, -0.15) is 5.10 Å². The molecule has 2 aromatic rings. The number of aromatic nitrogens is 2. The standard InChI is InChI=1S/C14H16N2O4/c1-16-7-9(6-15-16)3-11(17)10-4-12(18-2)14-13(5-10)19-8-20-14/h4-7,11,17H,3,8H2,1-2H3. The van der Waals surface area contributed by atoms with Crippen molar-refractivity contribution < 1.29 is 19.3 Å². The Balaban J connectivity index is 1.86. The second-order valence-corrected chi connectivity index (χ2v) is 4.70. The largest absolute Gasteiger partial charge is 0.493 e. The van der Waals surface area contributed by atoms with Crippen LogP contribution in [0.4, 0.5) is 0 Å². The van der Waals surface area contributed by atoms with Crippen LogP contribution in [-0.2, 0) is 13.5 Å². The summed E-state index contributed by atoms with van der Waals surface area (Å²) in [5.74, 6) is 1.76. The van der Waals surface area contributed by atoms with Crippen molar-refractivity contribution in [3.63, 3.8) is 0 Å². The SMILES string of the molecule is COc1cc(C(O)Cc2cnn(C)c2)cc2c1OCO2. The maximum absolute atomic E-state index is 10.3. The summed E-state index contributed by atoms with van der Waals surface area (Å²) in [4.78, 5) is 0. The number of hydrogen-bond donors (Lipinski definition) is 1. The van der Waals surface area contributed by atoms with E-state index in [1.54, 1.807) is 30.1 Å². The molecule has 0 amide bonds. The average Bonchev–Trinajstić information content (AvgIpc) is 3.06. The van der Waals surface area contributed by atoms with E-state index in [0.717, 1.165) is 11.1 Å². The smallest absolute Gasteiger partial charge is 0.231 e. The van der Waals surface area contributed by atoms with Gasteiger partial charge >= 0.3 is 0 Å². The molecule has 1 atom stereocenters. The fraction of sp³-hybridized carbons (Fsp3) is 0.357. The average molecular weight is 276 g/mol. The van der Waals surface area contributed by atoms with Crippen LogP contribution in [0, 0.1) is 0 Å². The Bertz CT molecular complexity index is 624. The highest BCUT2D eigenvalue weighted by Crippen LogP contribution is 2.43. The van der Waals surface area contributed by atoms with Gasteiger partial charge in [-0.15, -0.1) is 0 Å². The van der Waals surface area contributed by atoms with Gasteiger partial charge in [-0.25, -0.2) is 0 Å². The second kappa shape index (κ2) is 5.05. The molecule has 0 saturated carbocycles. The van der Waals surface area contributed by atoms with E-state index in [9.17, 15) is 5.11 Å². The van der Waals surface area contributed by atoms with Crippen LogP contribution >= 0.6 is 0 Å². The van der Waals surface area contributed by atoms with Gasteiger partial charge in [0.25, 0.3) is 0 Å². The van der Waals surface area contributed by atoms with Gasteiger partial charge in [-0.3, -0.25) is 4.68 Å². The quantitative estimate of drug-likeness (QED) is 0.915. The molecule has 0 aliphatic carbocycles. The Morgan fingerprint density at radius 2 is 2.30 bits per heavy atom. The van der Waals surface area contributed by atoms with Crippen LogP contribution in [0.25, 0.3) is 0 Å². The molecule has 1 aromatic heterocycles. The molecule has 1 unspecified atom stereocenters. The van der Waals surface area contributed by atoms with Crippen LogP contribution in [0.15, 0.2) is 24.5 Å². The van der Waals surface area contributed by atoms with Crippen LogP contribution in [0.1, 0.15) is 17.2 Å². The Morgan fingerprint density at radius 1 is 1.45 bits per heavy atom. The molecule has 1 aliphatic rings. The van der Waals surface area contributed by atoms with E-state index >= 15 is 0 Å². The third-order valence-electron chi connectivity index (χ3n) is 3.25. The first kappa shape index (κ1) is 12.8. The molecule has 20 heavy (non-hydrogen) atoms. The number of aliphatic hydroxyl groups is 1. The number of fused-ring (bicyclic) bond motifs is 1. The number of nitrogens with zero attached hydrogens (tertiary/aromatic N) is 2. The normalized spacial score (nSPS) is 14.3. The van der Waals surface area contributed by atoms with Gasteiger partial charge in [0.05, 0.1) is 19.4 Å². The number of hydrogen-bond acceptors (Lipinski definition) is 5. The predicted octanol–water partition coefficient (Wildman–Crippen LogP) is 1.43. The van der Waals surface area contributed by atoms with Gasteiger partial charge in [0.1, 0.15) is 0 Å². The maximum atomic E-state index is 10.3. The monoisotopic (exact) mass is 276 g/mol. The summed E-state index contributed by atoms with van der Waals surface area (Å²) in [5.41, 5.74) is 1.70. The van der Waals surface area contributed by atoms with E-state index in [2.05, 4.69) is 5.10 Å². The third kappa shape index (κ3) is 2.30. The Labute approximate surface area is 116 Å². The molecule has 0 radical (unpaired) electrons. The molecule has 0 spiro atoms. The van der Waals surface area contributed by atoms with Gasteiger partial charge in [-0.05, 0) is 23.3 Å². The first-order chi connectivity index (χ1) is 9.67. The Hall–Kier alpha value is -2.21. The molecule has 2 heterocycles. The topological polar surface area (TPSA) is 65.7 Å². The van der Waals surface area contributed by atoms with Crippen LogP contribution in [0.5, 0.6) is 17.2 Å². The van der Waals surface area contributed by atoms with Gasteiger partial charge < -0.3 is 19.3 Å². The van der Waals surface area contributed by atoms with Crippen molar-refractivity contribution in [1.82, 2.24) is 9.78 Å². The first-order valence-electron chi connectivity index (χ1n) is 6.30. The third-order valence-corrected chi connectivity index (χ3v) is 3.25. The summed E-state index contributed by atoms with van der Waals surface area (Å²) in [5, 5.41) is 14.4. The number of aliphatic hydroxyl groups excluding tert-OH is 1. The van der Waals surface area contributed by atoms with E-state index in [-0.39, 0.29) is 6.79 Å². The summed E-state index contributed by atoms with van der Waals surface area (Å²) in [6.45, 7) is 0.174. The number of aryl methyl sites for hydroxylation is 1. The molecule has 3 rings (SSSR count). The summed E-state index contributed by atoms with van der Waals surface area (Å²) in [7, 11) is 3.41. The Morgan fingerprint density at radius 3 is 3.00 bits per heavy atom. The van der Waals surface area contributed by atoms with E-state index in [1.165, 1.54) is 0 Å². The lowest BCUT2D eigenvalue weighted by atomic mass is 10.0.